The van der Waals surface area contributed by atoms with Gasteiger partial charge in [-0.25, -0.2) is 4.98 Å². The molecule has 1 aromatic heterocycles. The van der Waals surface area contributed by atoms with E-state index in [0.29, 0.717) is 12.1 Å². The fourth-order valence-electron chi connectivity index (χ4n) is 3.31. The predicted octanol–water partition coefficient (Wildman–Crippen LogP) is 1.98. The zero-order valence-corrected chi connectivity index (χ0v) is 12.4. The van der Waals surface area contributed by atoms with E-state index in [1.807, 2.05) is 6.92 Å². The summed E-state index contributed by atoms with van der Waals surface area (Å²) in [6.45, 7) is 6.04. The third-order valence-corrected chi connectivity index (χ3v) is 5.22. The van der Waals surface area contributed by atoms with Gasteiger partial charge in [0.1, 0.15) is 4.88 Å². The largest absolute Gasteiger partial charge is 0.331 e. The van der Waals surface area contributed by atoms with Gasteiger partial charge in [0.25, 0.3) is 5.91 Å². The normalized spacial score (nSPS) is 26.5. The van der Waals surface area contributed by atoms with Crippen molar-refractivity contribution in [3.63, 3.8) is 0 Å². The van der Waals surface area contributed by atoms with Crippen molar-refractivity contribution >= 4 is 17.2 Å². The summed E-state index contributed by atoms with van der Waals surface area (Å²) in [6.07, 6.45) is 4.23. The van der Waals surface area contributed by atoms with Crippen LogP contribution in [0.4, 0.5) is 0 Å². The summed E-state index contributed by atoms with van der Waals surface area (Å²) in [5, 5.41) is 4.44. The number of hydrogen-bond donors (Lipinski definition) is 1. The summed E-state index contributed by atoms with van der Waals surface area (Å²) < 4.78 is 0. The summed E-state index contributed by atoms with van der Waals surface area (Å²) >= 11 is 1.56. The van der Waals surface area contributed by atoms with Crippen molar-refractivity contribution in [3.05, 3.63) is 15.6 Å². The molecule has 2 saturated heterocycles. The van der Waals surface area contributed by atoms with Gasteiger partial charge in [0.05, 0.1) is 10.7 Å². The first-order valence-corrected chi connectivity index (χ1v) is 8.02. The maximum Gasteiger partial charge on any atom is 0.266 e. The molecule has 5 heteroatoms. The Balaban J connectivity index is 1.90. The summed E-state index contributed by atoms with van der Waals surface area (Å²) in [6, 6.07) is 0.812. The number of aryl methyl sites for hydroxylation is 2. The van der Waals surface area contributed by atoms with E-state index in [4.69, 9.17) is 0 Å². The van der Waals surface area contributed by atoms with Crippen molar-refractivity contribution < 1.29 is 4.79 Å². The highest BCUT2D eigenvalue weighted by molar-refractivity contribution is 7.13. The van der Waals surface area contributed by atoms with E-state index in [-0.39, 0.29) is 5.91 Å². The monoisotopic (exact) mass is 279 g/mol. The van der Waals surface area contributed by atoms with Crippen LogP contribution >= 0.6 is 11.3 Å². The Morgan fingerprint density at radius 3 is 3.00 bits per heavy atom. The fourth-order valence-corrected chi connectivity index (χ4v) is 4.26. The lowest BCUT2D eigenvalue weighted by atomic mass is 10.1. The molecule has 1 N–H and O–H groups in total. The van der Waals surface area contributed by atoms with Gasteiger partial charge in [-0.3, -0.25) is 4.79 Å². The number of amides is 1. The number of fused-ring (bicyclic) bond motifs is 2. The van der Waals surface area contributed by atoms with Crippen molar-refractivity contribution in [1.82, 2.24) is 15.2 Å². The van der Waals surface area contributed by atoms with Crippen molar-refractivity contribution in [2.45, 2.75) is 51.6 Å². The molecular weight excluding hydrogens is 258 g/mol. The summed E-state index contributed by atoms with van der Waals surface area (Å²) in [7, 11) is 0. The van der Waals surface area contributed by atoms with Gasteiger partial charge in [-0.1, -0.05) is 6.92 Å². The van der Waals surface area contributed by atoms with Crippen LogP contribution in [-0.2, 0) is 6.42 Å². The van der Waals surface area contributed by atoms with Crippen molar-refractivity contribution in [2.75, 3.05) is 13.1 Å². The molecule has 4 nitrogen and oxygen atoms in total. The quantitative estimate of drug-likeness (QED) is 0.900. The fraction of sp³-hybridized carbons (Fsp3) is 0.714. The second-order valence-corrected chi connectivity index (χ2v) is 6.66. The first-order valence-electron chi connectivity index (χ1n) is 7.20. The number of hydrogen-bond acceptors (Lipinski definition) is 4. The van der Waals surface area contributed by atoms with Gasteiger partial charge in [-0.15, -0.1) is 11.3 Å². The van der Waals surface area contributed by atoms with Crippen molar-refractivity contribution in [2.24, 2.45) is 0 Å². The SMILES string of the molecule is CCc1nc(C)sc1C(=O)N1[C@H]2CCNC[C@@H]1CC2. The minimum absolute atomic E-state index is 0.221. The van der Waals surface area contributed by atoms with Crippen LogP contribution in [0.15, 0.2) is 0 Å². The molecule has 0 radical (unpaired) electrons. The second kappa shape index (κ2) is 5.21. The molecule has 2 fully saturated rings. The van der Waals surface area contributed by atoms with Gasteiger partial charge in [0.15, 0.2) is 0 Å². The van der Waals surface area contributed by atoms with Crippen LogP contribution in [0.1, 0.15) is 46.6 Å². The van der Waals surface area contributed by atoms with E-state index in [9.17, 15) is 4.79 Å². The molecule has 0 aromatic carbocycles. The van der Waals surface area contributed by atoms with Crippen LogP contribution in [0.5, 0.6) is 0 Å². The van der Waals surface area contributed by atoms with Gasteiger partial charge >= 0.3 is 0 Å². The Labute approximate surface area is 118 Å². The van der Waals surface area contributed by atoms with Crippen LogP contribution in [0.3, 0.4) is 0 Å². The number of thiazole rings is 1. The minimum atomic E-state index is 0.221. The van der Waals surface area contributed by atoms with E-state index in [1.165, 1.54) is 0 Å². The standard InChI is InChI=1S/C14H21N3OS/c1-3-12-13(19-9(2)16-12)14(18)17-10-4-5-11(17)8-15-7-6-10/h10-11,15H,3-8H2,1-2H3/t10-,11+/m1/s1. The third kappa shape index (κ3) is 2.30. The topological polar surface area (TPSA) is 45.2 Å². The molecule has 2 atom stereocenters. The highest BCUT2D eigenvalue weighted by atomic mass is 32.1. The minimum Gasteiger partial charge on any atom is -0.331 e. The van der Waals surface area contributed by atoms with Crippen LogP contribution in [0.2, 0.25) is 0 Å². The van der Waals surface area contributed by atoms with E-state index < -0.39 is 0 Å². The van der Waals surface area contributed by atoms with Gasteiger partial charge < -0.3 is 10.2 Å². The molecule has 2 aliphatic rings. The first-order chi connectivity index (χ1) is 9.20. The molecule has 2 aliphatic heterocycles. The van der Waals surface area contributed by atoms with E-state index in [0.717, 1.165) is 54.4 Å². The lowest BCUT2D eigenvalue weighted by molar-refractivity contribution is 0.0684. The Morgan fingerprint density at radius 2 is 2.21 bits per heavy atom. The average molecular weight is 279 g/mol. The average Bonchev–Trinajstić information content (AvgIpc) is 2.87. The number of rotatable bonds is 2. The van der Waals surface area contributed by atoms with Gasteiger partial charge in [-0.2, -0.15) is 0 Å². The molecule has 19 heavy (non-hydrogen) atoms. The van der Waals surface area contributed by atoms with E-state index >= 15 is 0 Å². The highest BCUT2D eigenvalue weighted by Crippen LogP contribution is 2.31. The molecular formula is C14H21N3OS. The molecule has 0 aliphatic carbocycles. The van der Waals surface area contributed by atoms with E-state index in [2.05, 4.69) is 22.1 Å². The maximum atomic E-state index is 12.9. The third-order valence-electron chi connectivity index (χ3n) is 4.22. The molecule has 0 spiro atoms. The molecule has 3 heterocycles. The van der Waals surface area contributed by atoms with Crippen molar-refractivity contribution in [1.29, 1.82) is 0 Å². The molecule has 0 unspecified atom stereocenters. The number of aromatic nitrogens is 1. The molecule has 3 rings (SSSR count). The van der Waals surface area contributed by atoms with Crippen LogP contribution in [0.25, 0.3) is 0 Å². The molecule has 1 aromatic rings. The van der Waals surface area contributed by atoms with Crippen LogP contribution in [0, 0.1) is 6.92 Å². The first kappa shape index (κ1) is 13.1. The van der Waals surface area contributed by atoms with Crippen LogP contribution < -0.4 is 5.32 Å². The number of carbonyl (C=O) groups excluding carboxylic acids is 1. The van der Waals surface area contributed by atoms with Gasteiger partial charge in [0, 0.05) is 18.6 Å². The summed E-state index contributed by atoms with van der Waals surface area (Å²) in [5.41, 5.74) is 0.976. The molecule has 1 amide bonds. The van der Waals surface area contributed by atoms with Crippen molar-refractivity contribution in [3.8, 4) is 0 Å². The zero-order valence-electron chi connectivity index (χ0n) is 11.6. The highest BCUT2D eigenvalue weighted by Gasteiger charge is 2.39. The van der Waals surface area contributed by atoms with Gasteiger partial charge in [0.2, 0.25) is 0 Å². The number of nitrogens with zero attached hydrogens (tertiary/aromatic N) is 2. The smallest absolute Gasteiger partial charge is 0.266 e. The second-order valence-electron chi connectivity index (χ2n) is 5.45. The zero-order chi connectivity index (χ0) is 13.4. The Morgan fingerprint density at radius 1 is 1.42 bits per heavy atom. The number of nitrogens with one attached hydrogen (secondary N) is 1. The van der Waals surface area contributed by atoms with Crippen LogP contribution in [-0.4, -0.2) is 41.0 Å². The lowest BCUT2D eigenvalue weighted by Crippen LogP contribution is -2.42. The summed E-state index contributed by atoms with van der Waals surface area (Å²) in [4.78, 5) is 20.4. The number of carbonyl (C=O) groups is 1. The van der Waals surface area contributed by atoms with E-state index in [1.54, 1.807) is 11.3 Å². The Bertz CT molecular complexity index is 471. The molecule has 0 saturated carbocycles. The molecule has 2 bridgehead atoms. The Kier molecular flexibility index (Phi) is 3.58. The maximum absolute atomic E-state index is 12.9. The predicted molar refractivity (Wildman–Crippen MR) is 76.7 cm³/mol. The lowest BCUT2D eigenvalue weighted by Gasteiger charge is -2.27. The Hall–Kier alpha value is -0.940. The summed E-state index contributed by atoms with van der Waals surface area (Å²) in [5.74, 6) is 0.221. The molecule has 104 valence electrons. The van der Waals surface area contributed by atoms with Gasteiger partial charge in [-0.05, 0) is 39.2 Å².